The zero-order valence-electron chi connectivity index (χ0n) is 21.5. The molecule has 0 saturated carbocycles. The summed E-state index contributed by atoms with van der Waals surface area (Å²) in [6, 6.07) is 0.964. The van der Waals surface area contributed by atoms with Crippen LogP contribution in [0.5, 0.6) is 5.75 Å². The van der Waals surface area contributed by atoms with Crippen LogP contribution in [0, 0.1) is 5.82 Å². The van der Waals surface area contributed by atoms with E-state index in [1.54, 1.807) is 16.8 Å². The van der Waals surface area contributed by atoms with Gasteiger partial charge in [-0.3, -0.25) is 19.2 Å². The van der Waals surface area contributed by atoms with E-state index < -0.39 is 35.0 Å². The van der Waals surface area contributed by atoms with Crippen molar-refractivity contribution in [3.8, 4) is 5.75 Å². The van der Waals surface area contributed by atoms with E-state index in [4.69, 9.17) is 16.3 Å². The van der Waals surface area contributed by atoms with Gasteiger partial charge in [-0.15, -0.1) is 0 Å². The van der Waals surface area contributed by atoms with Crippen LogP contribution in [0.15, 0.2) is 16.9 Å². The minimum atomic E-state index is -1.22. The highest BCUT2D eigenvalue weighted by Crippen LogP contribution is 2.38. The van der Waals surface area contributed by atoms with E-state index in [1.807, 2.05) is 13.8 Å². The number of nitrogens with zero attached hydrogens (tertiary/aromatic N) is 5. The molecule has 3 aliphatic heterocycles. The molecule has 3 aliphatic rings. The minimum absolute atomic E-state index is 0.0738. The van der Waals surface area contributed by atoms with Crippen molar-refractivity contribution in [2.45, 2.75) is 51.7 Å². The van der Waals surface area contributed by atoms with E-state index in [-0.39, 0.29) is 40.3 Å². The molecule has 2 bridgehead atoms. The maximum atomic E-state index is 14.3. The first-order chi connectivity index (χ1) is 18.1. The number of Topliss-reactive ketones (excluding diaryl/α,β-unsaturated/α-hetero) is 1. The van der Waals surface area contributed by atoms with Gasteiger partial charge in [0.15, 0.2) is 11.7 Å². The second-order valence-corrected chi connectivity index (χ2v) is 10.4. The standard InChI is InChI=1S/C26H29ClFN5O5/c1-4-31-12-14(2)33-21-19(23(34)22(33)26(31)37)24(35)32-13-15-10-16(27)17(28)11-18(15)38-9-7-5-6-8-30(3)25(36)20(21)29-32/h10-11,14,22H,4-9,12-13H2,1-3H3/t14-,22?/m0/s1. The SMILES string of the molecule is CCN1C[C@H](C)N2c3c4nn(c(=O)c3C(=O)C2C1=O)Cc1cc(Cl)c(F)cc1OCCCCCN(C)C4=O. The summed E-state index contributed by atoms with van der Waals surface area (Å²) in [6.07, 6.45) is 2.13. The first-order valence-electron chi connectivity index (χ1n) is 12.8. The first-order valence-corrected chi connectivity index (χ1v) is 13.1. The number of carbonyl (C=O) groups is 3. The van der Waals surface area contributed by atoms with Gasteiger partial charge in [-0.2, -0.15) is 5.10 Å². The van der Waals surface area contributed by atoms with Gasteiger partial charge in [-0.1, -0.05) is 11.6 Å². The third-order valence-electron chi connectivity index (χ3n) is 7.42. The van der Waals surface area contributed by atoms with Gasteiger partial charge in [0.05, 0.1) is 23.9 Å². The van der Waals surface area contributed by atoms with Gasteiger partial charge in [0.2, 0.25) is 5.78 Å². The van der Waals surface area contributed by atoms with Crippen LogP contribution in [0.2, 0.25) is 5.02 Å². The molecule has 202 valence electrons. The number of hydrogen-bond donors (Lipinski definition) is 0. The van der Waals surface area contributed by atoms with Crippen LogP contribution in [-0.2, 0) is 11.3 Å². The molecule has 2 atom stereocenters. The number of hydrogen-bond acceptors (Lipinski definition) is 7. The molecule has 1 aromatic carbocycles. The second kappa shape index (κ2) is 10.0. The van der Waals surface area contributed by atoms with Crippen LogP contribution >= 0.6 is 11.6 Å². The van der Waals surface area contributed by atoms with Crippen LogP contribution in [0.1, 0.15) is 59.5 Å². The van der Waals surface area contributed by atoms with Crippen LogP contribution < -0.4 is 15.2 Å². The van der Waals surface area contributed by atoms with Crippen molar-refractivity contribution in [1.29, 1.82) is 0 Å². The zero-order chi connectivity index (χ0) is 27.3. The van der Waals surface area contributed by atoms with Crippen molar-refractivity contribution >= 4 is 34.9 Å². The lowest BCUT2D eigenvalue weighted by Gasteiger charge is -2.42. The van der Waals surface area contributed by atoms with E-state index in [0.717, 1.165) is 17.2 Å². The highest BCUT2D eigenvalue weighted by Gasteiger charge is 2.52. The number of rotatable bonds is 1. The number of amides is 2. The van der Waals surface area contributed by atoms with Crippen LogP contribution in [0.3, 0.4) is 0 Å². The molecular formula is C26H29ClFN5O5. The van der Waals surface area contributed by atoms with E-state index in [0.29, 0.717) is 44.6 Å². The van der Waals surface area contributed by atoms with Gasteiger partial charge in [0.25, 0.3) is 17.4 Å². The van der Waals surface area contributed by atoms with Gasteiger partial charge < -0.3 is 19.4 Å². The maximum Gasteiger partial charge on any atom is 0.280 e. The molecule has 1 fully saturated rings. The van der Waals surface area contributed by atoms with Crippen LogP contribution in [-0.4, -0.2) is 82.6 Å². The third-order valence-corrected chi connectivity index (χ3v) is 7.71. The third kappa shape index (κ3) is 4.22. The quantitative estimate of drug-likeness (QED) is 0.506. The summed E-state index contributed by atoms with van der Waals surface area (Å²) in [5.41, 5.74) is -0.562. The molecular weight excluding hydrogens is 517 g/mol. The first kappa shape index (κ1) is 26.1. The maximum absolute atomic E-state index is 14.3. The van der Waals surface area contributed by atoms with Gasteiger partial charge in [-0.25, -0.2) is 9.07 Å². The summed E-state index contributed by atoms with van der Waals surface area (Å²) in [7, 11) is 1.64. The Hall–Kier alpha value is -3.47. The number of benzene rings is 1. The average Bonchev–Trinajstić information content (AvgIpc) is 3.20. The van der Waals surface area contributed by atoms with Gasteiger partial charge >= 0.3 is 0 Å². The second-order valence-electron chi connectivity index (χ2n) is 9.94. The topological polar surface area (TPSA) is 105 Å². The number of ketones is 1. The van der Waals surface area contributed by atoms with Crippen molar-refractivity contribution in [3.63, 3.8) is 0 Å². The fourth-order valence-corrected chi connectivity index (χ4v) is 5.61. The Bertz CT molecular complexity index is 1400. The van der Waals surface area contributed by atoms with E-state index in [9.17, 15) is 23.6 Å². The lowest BCUT2D eigenvalue weighted by atomic mass is 10.0. The van der Waals surface area contributed by atoms with Crippen molar-refractivity contribution < 1.29 is 23.5 Å². The largest absolute Gasteiger partial charge is 0.493 e. The monoisotopic (exact) mass is 545 g/mol. The molecule has 5 rings (SSSR count). The molecule has 1 unspecified atom stereocenters. The molecule has 2 amide bonds. The number of piperazine rings is 1. The Morgan fingerprint density at radius 1 is 1.16 bits per heavy atom. The lowest BCUT2D eigenvalue weighted by molar-refractivity contribution is -0.133. The predicted molar refractivity (Wildman–Crippen MR) is 138 cm³/mol. The van der Waals surface area contributed by atoms with E-state index in [2.05, 4.69) is 5.10 Å². The Balaban J connectivity index is 1.72. The Kier molecular flexibility index (Phi) is 6.89. The van der Waals surface area contributed by atoms with E-state index in [1.165, 1.54) is 11.0 Å². The molecule has 0 aliphatic carbocycles. The molecule has 0 spiro atoms. The summed E-state index contributed by atoms with van der Waals surface area (Å²) in [5, 5.41) is 4.28. The summed E-state index contributed by atoms with van der Waals surface area (Å²) >= 11 is 6.04. The van der Waals surface area contributed by atoms with Crippen LogP contribution in [0.25, 0.3) is 0 Å². The number of likely N-dealkylation sites (N-methyl/N-ethyl adjacent to an activating group) is 1. The summed E-state index contributed by atoms with van der Waals surface area (Å²) < 4.78 is 21.1. The van der Waals surface area contributed by atoms with E-state index >= 15 is 0 Å². The molecule has 12 heteroatoms. The van der Waals surface area contributed by atoms with Crippen LogP contribution in [0.4, 0.5) is 10.1 Å². The highest BCUT2D eigenvalue weighted by atomic mass is 35.5. The molecule has 0 radical (unpaired) electrons. The summed E-state index contributed by atoms with van der Waals surface area (Å²) in [4.78, 5) is 59.0. The molecule has 2 aromatic rings. The number of fused-ring (bicyclic) bond motifs is 7. The lowest BCUT2D eigenvalue weighted by Crippen LogP contribution is -2.61. The van der Waals surface area contributed by atoms with Crippen molar-refractivity contribution in [1.82, 2.24) is 19.6 Å². The number of aromatic nitrogens is 2. The minimum Gasteiger partial charge on any atom is -0.493 e. The Morgan fingerprint density at radius 2 is 1.92 bits per heavy atom. The molecule has 10 nitrogen and oxygen atoms in total. The fourth-order valence-electron chi connectivity index (χ4n) is 5.42. The van der Waals surface area contributed by atoms with Crippen molar-refractivity contribution in [2.24, 2.45) is 0 Å². The molecule has 1 aromatic heterocycles. The molecule has 0 N–H and O–H groups in total. The highest BCUT2D eigenvalue weighted by molar-refractivity contribution is 6.30. The van der Waals surface area contributed by atoms with Crippen molar-refractivity contribution in [3.05, 3.63) is 50.1 Å². The predicted octanol–water partition coefficient (Wildman–Crippen LogP) is 2.34. The molecule has 1 saturated heterocycles. The van der Waals surface area contributed by atoms with Gasteiger partial charge in [-0.05, 0) is 39.2 Å². The number of ether oxygens (including phenoxy) is 1. The average molecular weight is 546 g/mol. The molecule has 4 heterocycles. The number of anilines is 1. The Morgan fingerprint density at radius 3 is 2.66 bits per heavy atom. The van der Waals surface area contributed by atoms with Gasteiger partial charge in [0.1, 0.15) is 17.1 Å². The Labute approximate surface area is 223 Å². The fraction of sp³-hybridized carbons (Fsp3) is 0.500. The summed E-state index contributed by atoms with van der Waals surface area (Å²) in [6.45, 7) is 4.96. The summed E-state index contributed by atoms with van der Waals surface area (Å²) in [5.74, 6) is -1.97. The zero-order valence-corrected chi connectivity index (χ0v) is 22.3. The molecule has 38 heavy (non-hydrogen) atoms. The van der Waals surface area contributed by atoms with Gasteiger partial charge in [0, 0.05) is 44.4 Å². The number of carbonyl (C=O) groups excluding carboxylic acids is 3. The smallest absolute Gasteiger partial charge is 0.280 e. The normalized spacial score (nSPS) is 22.0. The van der Waals surface area contributed by atoms with Crippen molar-refractivity contribution in [2.75, 3.05) is 38.2 Å². The number of halogens is 2.